The van der Waals surface area contributed by atoms with Crippen LogP contribution in [0.5, 0.6) is 11.5 Å². The van der Waals surface area contributed by atoms with E-state index in [1.54, 1.807) is 48.2 Å². The first-order chi connectivity index (χ1) is 14.3. The highest BCUT2D eigenvalue weighted by Crippen LogP contribution is 2.31. The molecular formula is C20H22N2O5S3. The van der Waals surface area contributed by atoms with Gasteiger partial charge in [-0.1, -0.05) is 17.4 Å². The lowest BCUT2D eigenvalue weighted by molar-refractivity contribution is 0.0994. The predicted molar refractivity (Wildman–Crippen MR) is 121 cm³/mol. The van der Waals surface area contributed by atoms with Crippen LogP contribution in [0.4, 0.5) is 0 Å². The summed E-state index contributed by atoms with van der Waals surface area (Å²) in [6, 6.07) is 10.0. The number of thiazole rings is 1. The molecule has 0 atom stereocenters. The van der Waals surface area contributed by atoms with Gasteiger partial charge in [0.15, 0.2) is 26.1 Å². The van der Waals surface area contributed by atoms with Crippen molar-refractivity contribution in [1.82, 2.24) is 4.57 Å². The van der Waals surface area contributed by atoms with Crippen LogP contribution in [-0.2, 0) is 16.4 Å². The minimum Gasteiger partial charge on any atom is -0.493 e. The fraction of sp³-hybridized carbons (Fsp3) is 0.300. The topological polar surface area (TPSA) is 87.0 Å². The summed E-state index contributed by atoms with van der Waals surface area (Å²) < 4.78 is 37.2. The molecule has 30 heavy (non-hydrogen) atoms. The third-order valence-electron chi connectivity index (χ3n) is 4.43. The molecule has 2 aromatic carbocycles. The number of nitrogens with zero attached hydrogens (tertiary/aromatic N) is 2. The number of hydrogen-bond donors (Lipinski definition) is 0. The lowest BCUT2D eigenvalue weighted by Crippen LogP contribution is -2.18. The van der Waals surface area contributed by atoms with Crippen LogP contribution in [0.25, 0.3) is 10.2 Å². The number of fused-ring (bicyclic) bond motifs is 1. The van der Waals surface area contributed by atoms with E-state index in [2.05, 4.69) is 4.99 Å². The van der Waals surface area contributed by atoms with Crippen LogP contribution >= 0.6 is 23.1 Å². The molecule has 0 saturated carbocycles. The van der Waals surface area contributed by atoms with Crippen LogP contribution in [0.15, 0.2) is 46.3 Å². The first kappa shape index (κ1) is 22.4. The number of thioether (sulfide) groups is 1. The van der Waals surface area contributed by atoms with Crippen LogP contribution in [0.2, 0.25) is 0 Å². The largest absolute Gasteiger partial charge is 0.493 e. The smallest absolute Gasteiger partial charge is 0.283 e. The highest BCUT2D eigenvalue weighted by Gasteiger charge is 2.17. The third kappa shape index (κ3) is 4.55. The highest BCUT2D eigenvalue weighted by molar-refractivity contribution is 7.98. The highest BCUT2D eigenvalue weighted by atomic mass is 32.2. The fourth-order valence-electron chi connectivity index (χ4n) is 2.97. The third-order valence-corrected chi connectivity index (χ3v) is 7.17. The number of aromatic nitrogens is 1. The number of amides is 1. The number of ether oxygens (including phenoxy) is 2. The first-order valence-electron chi connectivity index (χ1n) is 8.92. The van der Waals surface area contributed by atoms with E-state index in [1.165, 1.54) is 31.8 Å². The van der Waals surface area contributed by atoms with Crippen molar-refractivity contribution in [2.24, 2.45) is 4.99 Å². The fourth-order valence-corrected chi connectivity index (χ4v) is 5.15. The van der Waals surface area contributed by atoms with Gasteiger partial charge >= 0.3 is 0 Å². The zero-order valence-electron chi connectivity index (χ0n) is 17.0. The van der Waals surface area contributed by atoms with Gasteiger partial charge in [0.2, 0.25) is 0 Å². The number of benzene rings is 2. The Morgan fingerprint density at radius 1 is 1.20 bits per heavy atom. The molecule has 1 aromatic heterocycles. The van der Waals surface area contributed by atoms with Crippen molar-refractivity contribution in [2.45, 2.75) is 11.4 Å². The summed E-state index contributed by atoms with van der Waals surface area (Å²) in [5.74, 6) is 1.13. The number of methoxy groups -OCH3 is 2. The van der Waals surface area contributed by atoms with Gasteiger partial charge in [0, 0.05) is 18.6 Å². The molecule has 0 aliphatic heterocycles. The Kier molecular flexibility index (Phi) is 6.89. The molecule has 0 aliphatic rings. The molecule has 7 nitrogen and oxygen atoms in total. The van der Waals surface area contributed by atoms with Gasteiger partial charge in [0.05, 0.1) is 34.9 Å². The van der Waals surface area contributed by atoms with E-state index in [4.69, 9.17) is 9.47 Å². The minimum atomic E-state index is -3.33. The van der Waals surface area contributed by atoms with Crippen LogP contribution in [0, 0.1) is 0 Å². The maximum atomic E-state index is 13.0. The van der Waals surface area contributed by atoms with E-state index in [-0.39, 0.29) is 4.90 Å². The van der Waals surface area contributed by atoms with E-state index >= 15 is 0 Å². The average molecular weight is 467 g/mol. The molecule has 3 aromatic rings. The molecule has 0 fully saturated rings. The van der Waals surface area contributed by atoms with Gasteiger partial charge < -0.3 is 14.0 Å². The molecule has 160 valence electrons. The van der Waals surface area contributed by atoms with Gasteiger partial charge in [-0.25, -0.2) is 8.42 Å². The second-order valence-corrected chi connectivity index (χ2v) is 10.4. The monoisotopic (exact) mass is 466 g/mol. The Morgan fingerprint density at radius 3 is 2.60 bits per heavy atom. The van der Waals surface area contributed by atoms with Crippen molar-refractivity contribution in [3.8, 4) is 11.5 Å². The maximum absolute atomic E-state index is 13.0. The lowest BCUT2D eigenvalue weighted by Gasteiger charge is -2.10. The Hall–Kier alpha value is -2.30. The van der Waals surface area contributed by atoms with Crippen LogP contribution in [0.1, 0.15) is 10.4 Å². The Bertz CT molecular complexity index is 1260. The van der Waals surface area contributed by atoms with E-state index < -0.39 is 15.7 Å². The van der Waals surface area contributed by atoms with Crippen LogP contribution < -0.4 is 14.3 Å². The number of rotatable bonds is 7. The molecule has 1 amide bonds. The number of hydrogen-bond acceptors (Lipinski definition) is 7. The maximum Gasteiger partial charge on any atom is 0.283 e. The van der Waals surface area contributed by atoms with E-state index in [0.717, 1.165) is 16.0 Å². The number of aryl methyl sites for hydroxylation is 1. The summed E-state index contributed by atoms with van der Waals surface area (Å²) in [6.07, 6.45) is 3.17. The quantitative estimate of drug-likeness (QED) is 0.531. The minimum absolute atomic E-state index is 0.237. The molecule has 0 radical (unpaired) electrons. The molecule has 0 unspecified atom stereocenters. The van der Waals surface area contributed by atoms with Gasteiger partial charge in [0.1, 0.15) is 0 Å². The van der Waals surface area contributed by atoms with Crippen LogP contribution in [0.3, 0.4) is 0 Å². The summed E-state index contributed by atoms with van der Waals surface area (Å²) in [6.45, 7) is 0.640. The van der Waals surface area contributed by atoms with Crippen molar-refractivity contribution in [3.63, 3.8) is 0 Å². The second kappa shape index (κ2) is 9.23. The second-order valence-electron chi connectivity index (χ2n) is 6.39. The number of sulfone groups is 1. The van der Waals surface area contributed by atoms with Gasteiger partial charge in [-0.3, -0.25) is 4.79 Å². The van der Waals surface area contributed by atoms with E-state index in [1.807, 2.05) is 10.8 Å². The molecular weight excluding hydrogens is 444 g/mol. The summed E-state index contributed by atoms with van der Waals surface area (Å²) in [5.41, 5.74) is 1.13. The van der Waals surface area contributed by atoms with Gasteiger partial charge in [0.25, 0.3) is 5.91 Å². The summed E-state index contributed by atoms with van der Waals surface area (Å²) in [7, 11) is -0.356. The summed E-state index contributed by atoms with van der Waals surface area (Å²) in [5, 5.41) is 0. The molecule has 0 spiro atoms. The molecule has 1 heterocycles. The number of carbonyl (C=O) groups excluding carboxylic acids is 1. The van der Waals surface area contributed by atoms with Crippen molar-refractivity contribution in [3.05, 3.63) is 46.8 Å². The molecule has 0 N–H and O–H groups in total. The molecule has 0 bridgehead atoms. The molecule has 0 saturated heterocycles. The zero-order valence-corrected chi connectivity index (χ0v) is 19.5. The normalized spacial score (nSPS) is 12.3. The van der Waals surface area contributed by atoms with Crippen molar-refractivity contribution < 1.29 is 22.7 Å². The molecule has 10 heteroatoms. The lowest BCUT2D eigenvalue weighted by atomic mass is 10.2. The first-order valence-corrected chi connectivity index (χ1v) is 13.0. The van der Waals surface area contributed by atoms with Gasteiger partial charge in [-0.15, -0.1) is 0 Å². The van der Waals surface area contributed by atoms with Gasteiger partial charge in [-0.05, 0) is 36.6 Å². The zero-order chi connectivity index (χ0) is 21.9. The summed E-state index contributed by atoms with van der Waals surface area (Å²) >= 11 is 2.96. The SMILES string of the molecule is COc1cccc(C(=O)N=c2sc3cc(S(C)(=O)=O)ccc3n2CCSC)c1OC. The van der Waals surface area contributed by atoms with E-state index in [0.29, 0.717) is 28.4 Å². The summed E-state index contributed by atoms with van der Waals surface area (Å²) in [4.78, 5) is 18.1. The van der Waals surface area contributed by atoms with E-state index in [9.17, 15) is 13.2 Å². The Morgan fingerprint density at radius 2 is 1.97 bits per heavy atom. The van der Waals surface area contributed by atoms with Gasteiger partial charge in [-0.2, -0.15) is 16.8 Å². The number of carbonyl (C=O) groups is 1. The molecule has 0 aliphatic carbocycles. The van der Waals surface area contributed by atoms with Crippen molar-refractivity contribution in [2.75, 3.05) is 32.5 Å². The Balaban J connectivity index is 2.18. The van der Waals surface area contributed by atoms with Crippen LogP contribution in [-0.4, -0.2) is 51.4 Å². The van der Waals surface area contributed by atoms with Crippen molar-refractivity contribution in [1.29, 1.82) is 0 Å². The predicted octanol–water partition coefficient (Wildman–Crippen LogP) is 3.23. The standard InChI is InChI=1S/C20H22N2O5S3/c1-26-16-7-5-6-14(18(16)27-2)19(23)21-20-22(10-11-28-3)15-9-8-13(30(4,24)25)12-17(15)29-20/h5-9,12H,10-11H2,1-4H3. The Labute approximate surface area is 183 Å². The van der Waals surface area contributed by atoms with Crippen molar-refractivity contribution >= 4 is 49.1 Å². The molecule has 3 rings (SSSR count). The number of para-hydroxylation sites is 1. The average Bonchev–Trinajstić information content (AvgIpc) is 3.06.